The lowest BCUT2D eigenvalue weighted by atomic mass is 10.1. The lowest BCUT2D eigenvalue weighted by Gasteiger charge is -2.40. The van der Waals surface area contributed by atoms with Crippen molar-refractivity contribution in [2.75, 3.05) is 27.2 Å². The first kappa shape index (κ1) is 14.5. The fourth-order valence-electron chi connectivity index (χ4n) is 2.76. The minimum Gasteiger partial charge on any atom is -0.479 e. The molecule has 3 aliphatic rings. The van der Waals surface area contributed by atoms with E-state index in [1.807, 2.05) is 36.4 Å². The molecule has 2 atom stereocenters. The summed E-state index contributed by atoms with van der Waals surface area (Å²) >= 11 is 0. The molecule has 3 aliphatic heterocycles. The summed E-state index contributed by atoms with van der Waals surface area (Å²) in [4.78, 5) is 16.9. The van der Waals surface area contributed by atoms with Gasteiger partial charge < -0.3 is 30.3 Å². The normalized spacial score (nSPS) is 27.6. The fraction of sp³-hybridized carbons (Fsp3) is 0.400. The number of hydrogen-bond acceptors (Lipinski definition) is 6. The zero-order valence-electron chi connectivity index (χ0n) is 12.6. The minimum absolute atomic E-state index is 0.177. The van der Waals surface area contributed by atoms with Crippen LogP contribution in [-0.4, -0.2) is 65.2 Å². The van der Waals surface area contributed by atoms with Gasteiger partial charge in [0.1, 0.15) is 18.3 Å². The molecule has 0 spiro atoms. The van der Waals surface area contributed by atoms with Crippen LogP contribution in [0.15, 0.2) is 47.8 Å². The zero-order valence-corrected chi connectivity index (χ0v) is 12.6. The van der Waals surface area contributed by atoms with Gasteiger partial charge in [-0.25, -0.2) is 4.79 Å². The molecule has 22 heavy (non-hydrogen) atoms. The second-order valence-corrected chi connectivity index (χ2v) is 5.51. The molecule has 0 fully saturated rings. The summed E-state index contributed by atoms with van der Waals surface area (Å²) in [6, 6.07) is -0.706. The smallest absolute Gasteiger partial charge is 0.330 e. The molecule has 0 saturated heterocycles. The molecule has 0 amide bonds. The number of nitrogens with zero attached hydrogens (tertiary/aromatic N) is 3. The third-order valence-corrected chi connectivity index (χ3v) is 4.09. The van der Waals surface area contributed by atoms with Gasteiger partial charge >= 0.3 is 5.97 Å². The van der Waals surface area contributed by atoms with Crippen molar-refractivity contribution in [3.05, 3.63) is 47.8 Å². The number of likely N-dealkylation sites (N-methyl/N-ethyl adjacent to an activating group) is 2. The van der Waals surface area contributed by atoms with E-state index in [0.29, 0.717) is 19.0 Å². The Hall–Kier alpha value is -2.41. The Morgan fingerprint density at radius 3 is 2.86 bits per heavy atom. The molecular weight excluding hydrogens is 284 g/mol. The van der Waals surface area contributed by atoms with Gasteiger partial charge in [-0.05, 0) is 24.3 Å². The Morgan fingerprint density at radius 1 is 1.41 bits per heavy atom. The lowest BCUT2D eigenvalue weighted by molar-refractivity contribution is -0.141. The van der Waals surface area contributed by atoms with Gasteiger partial charge in [-0.3, -0.25) is 0 Å². The van der Waals surface area contributed by atoms with Crippen LogP contribution in [0.25, 0.3) is 0 Å². The number of nitrogens with two attached hydrogens (primary N) is 1. The third kappa shape index (κ3) is 2.33. The maximum Gasteiger partial charge on any atom is 0.330 e. The Kier molecular flexibility index (Phi) is 3.58. The summed E-state index contributed by atoms with van der Waals surface area (Å²) < 4.78 is 5.70. The standard InChI is InChI=1S/C15H20N4O3/c1-17-6-5-10(9-13(17)16)19-7-8-22-14-11(19)3-4-12(15(20)21)18(14)2/h3-6,9,12-13H,7-8,16H2,1-2H3,(H,20,21). The van der Waals surface area contributed by atoms with Crippen molar-refractivity contribution in [3.8, 4) is 0 Å². The maximum absolute atomic E-state index is 11.3. The van der Waals surface area contributed by atoms with Gasteiger partial charge in [0.2, 0.25) is 5.88 Å². The quantitative estimate of drug-likeness (QED) is 0.747. The summed E-state index contributed by atoms with van der Waals surface area (Å²) in [6.07, 6.45) is 9.22. The van der Waals surface area contributed by atoms with Crippen LogP contribution >= 0.6 is 0 Å². The number of carboxylic acids is 1. The van der Waals surface area contributed by atoms with Gasteiger partial charge in [0, 0.05) is 26.0 Å². The Balaban J connectivity index is 1.92. The zero-order chi connectivity index (χ0) is 15.9. The van der Waals surface area contributed by atoms with E-state index in [-0.39, 0.29) is 6.17 Å². The van der Waals surface area contributed by atoms with Crippen molar-refractivity contribution in [1.82, 2.24) is 14.7 Å². The molecule has 0 saturated carbocycles. The molecule has 7 heteroatoms. The molecule has 3 heterocycles. The van der Waals surface area contributed by atoms with E-state index in [4.69, 9.17) is 10.5 Å². The highest BCUT2D eigenvalue weighted by atomic mass is 16.5. The van der Waals surface area contributed by atoms with Gasteiger partial charge in [-0.15, -0.1) is 0 Å². The number of aliphatic carboxylic acids is 1. The monoisotopic (exact) mass is 304 g/mol. The van der Waals surface area contributed by atoms with E-state index in [2.05, 4.69) is 4.90 Å². The number of ether oxygens (including phenoxy) is 1. The molecule has 3 rings (SSSR count). The highest BCUT2D eigenvalue weighted by molar-refractivity contribution is 5.76. The molecule has 7 nitrogen and oxygen atoms in total. The summed E-state index contributed by atoms with van der Waals surface area (Å²) in [7, 11) is 3.65. The topological polar surface area (TPSA) is 82.3 Å². The summed E-state index contributed by atoms with van der Waals surface area (Å²) in [5.41, 5.74) is 7.90. The molecule has 2 unspecified atom stereocenters. The first-order valence-electron chi connectivity index (χ1n) is 7.15. The molecule has 0 bridgehead atoms. The minimum atomic E-state index is -0.897. The molecule has 3 N–H and O–H groups in total. The van der Waals surface area contributed by atoms with Crippen molar-refractivity contribution in [2.24, 2.45) is 5.73 Å². The fourth-order valence-corrected chi connectivity index (χ4v) is 2.76. The van der Waals surface area contributed by atoms with Crippen molar-refractivity contribution in [3.63, 3.8) is 0 Å². The average Bonchev–Trinajstić information content (AvgIpc) is 2.50. The molecule has 0 aliphatic carbocycles. The van der Waals surface area contributed by atoms with Crippen molar-refractivity contribution in [2.45, 2.75) is 12.2 Å². The predicted octanol–water partition coefficient (Wildman–Crippen LogP) is 0.0703. The summed E-state index contributed by atoms with van der Waals surface area (Å²) in [5, 5.41) is 9.25. The Morgan fingerprint density at radius 2 is 2.18 bits per heavy atom. The predicted molar refractivity (Wildman–Crippen MR) is 81.0 cm³/mol. The van der Waals surface area contributed by atoms with Gasteiger partial charge in [-0.1, -0.05) is 0 Å². The van der Waals surface area contributed by atoms with E-state index < -0.39 is 12.0 Å². The average molecular weight is 304 g/mol. The molecule has 0 radical (unpaired) electrons. The van der Waals surface area contributed by atoms with Crippen LogP contribution in [0, 0.1) is 0 Å². The van der Waals surface area contributed by atoms with Crippen LogP contribution in [0.4, 0.5) is 0 Å². The van der Waals surface area contributed by atoms with E-state index in [0.717, 1.165) is 11.4 Å². The van der Waals surface area contributed by atoms with E-state index >= 15 is 0 Å². The second kappa shape index (κ2) is 5.42. The van der Waals surface area contributed by atoms with Gasteiger partial charge in [0.25, 0.3) is 0 Å². The summed E-state index contributed by atoms with van der Waals surface area (Å²) in [5.74, 6) is -0.311. The number of allylic oxidation sites excluding steroid dienone is 2. The number of carbonyl (C=O) groups is 1. The highest BCUT2D eigenvalue weighted by Crippen LogP contribution is 2.30. The third-order valence-electron chi connectivity index (χ3n) is 4.09. The highest BCUT2D eigenvalue weighted by Gasteiger charge is 2.33. The van der Waals surface area contributed by atoms with Crippen LogP contribution in [0.5, 0.6) is 0 Å². The van der Waals surface area contributed by atoms with Crippen LogP contribution in [0.1, 0.15) is 0 Å². The van der Waals surface area contributed by atoms with Gasteiger partial charge in [-0.2, -0.15) is 0 Å². The number of hydrogen-bond donors (Lipinski definition) is 2. The molecule has 0 aromatic rings. The van der Waals surface area contributed by atoms with Crippen LogP contribution in [-0.2, 0) is 9.53 Å². The molecule has 0 aromatic heterocycles. The SMILES string of the molecule is CN1C=CC(N2CCOC3=C2C=CC(C(=O)O)N3C)=CC1N. The molecule has 118 valence electrons. The van der Waals surface area contributed by atoms with E-state index in [9.17, 15) is 9.90 Å². The van der Waals surface area contributed by atoms with E-state index in [1.54, 1.807) is 18.0 Å². The summed E-state index contributed by atoms with van der Waals surface area (Å²) in [6.45, 7) is 1.20. The number of carboxylic acid groups (broad SMARTS) is 1. The lowest BCUT2D eigenvalue weighted by Crippen LogP contribution is -2.45. The van der Waals surface area contributed by atoms with Gasteiger partial charge in [0.05, 0.1) is 12.7 Å². The second-order valence-electron chi connectivity index (χ2n) is 5.51. The van der Waals surface area contributed by atoms with E-state index in [1.165, 1.54) is 0 Å². The van der Waals surface area contributed by atoms with Crippen molar-refractivity contribution >= 4 is 5.97 Å². The molecular formula is C15H20N4O3. The van der Waals surface area contributed by atoms with Gasteiger partial charge in [0.15, 0.2) is 0 Å². The van der Waals surface area contributed by atoms with Crippen molar-refractivity contribution < 1.29 is 14.6 Å². The first-order valence-corrected chi connectivity index (χ1v) is 7.15. The first-order chi connectivity index (χ1) is 10.5. The maximum atomic E-state index is 11.3. The molecule has 0 aromatic carbocycles. The van der Waals surface area contributed by atoms with Crippen LogP contribution in [0.2, 0.25) is 0 Å². The largest absolute Gasteiger partial charge is 0.479 e. The van der Waals surface area contributed by atoms with Crippen molar-refractivity contribution in [1.29, 1.82) is 0 Å². The Bertz CT molecular complexity index is 608. The van der Waals surface area contributed by atoms with Crippen LogP contribution < -0.4 is 5.73 Å². The Labute approximate surface area is 129 Å². The van der Waals surface area contributed by atoms with Crippen LogP contribution in [0.3, 0.4) is 0 Å². The number of rotatable bonds is 2.